The zero-order valence-corrected chi connectivity index (χ0v) is 16.3. The van der Waals surface area contributed by atoms with Crippen molar-refractivity contribution in [2.24, 2.45) is 0 Å². The maximum absolute atomic E-state index is 13.4. The quantitative estimate of drug-likeness (QED) is 0.828. The van der Waals surface area contributed by atoms with Crippen LogP contribution in [0.4, 0.5) is 10.1 Å². The Balaban J connectivity index is 1.85. The van der Waals surface area contributed by atoms with Crippen molar-refractivity contribution in [1.29, 1.82) is 0 Å². The van der Waals surface area contributed by atoms with Crippen LogP contribution in [0.3, 0.4) is 0 Å². The molecule has 1 unspecified atom stereocenters. The summed E-state index contributed by atoms with van der Waals surface area (Å²) in [5.74, 6) is -0.634. The van der Waals surface area contributed by atoms with Gasteiger partial charge >= 0.3 is 0 Å². The first kappa shape index (κ1) is 20.0. The van der Waals surface area contributed by atoms with Gasteiger partial charge in [-0.05, 0) is 74.3 Å². The maximum atomic E-state index is 13.4. The van der Waals surface area contributed by atoms with Crippen molar-refractivity contribution in [3.63, 3.8) is 0 Å². The average Bonchev–Trinajstić information content (AvgIpc) is 2.71. The summed E-state index contributed by atoms with van der Waals surface area (Å²) in [7, 11) is 1.58. The molecule has 28 heavy (non-hydrogen) atoms. The molecule has 148 valence electrons. The Morgan fingerprint density at radius 2 is 1.71 bits per heavy atom. The summed E-state index contributed by atoms with van der Waals surface area (Å²) >= 11 is 0. The first-order valence-corrected chi connectivity index (χ1v) is 9.62. The van der Waals surface area contributed by atoms with Crippen LogP contribution in [0.2, 0.25) is 0 Å². The molecule has 0 radical (unpaired) electrons. The van der Waals surface area contributed by atoms with Crippen LogP contribution in [0.25, 0.3) is 0 Å². The van der Waals surface area contributed by atoms with E-state index in [2.05, 4.69) is 15.5 Å². The monoisotopic (exact) mass is 383 g/mol. The van der Waals surface area contributed by atoms with Crippen molar-refractivity contribution in [3.05, 3.63) is 65.0 Å². The van der Waals surface area contributed by atoms with Crippen molar-refractivity contribution >= 4 is 17.5 Å². The van der Waals surface area contributed by atoms with Gasteiger partial charge in [-0.15, -0.1) is 0 Å². The van der Waals surface area contributed by atoms with Crippen molar-refractivity contribution in [1.82, 2.24) is 10.2 Å². The van der Waals surface area contributed by atoms with E-state index in [0.29, 0.717) is 11.3 Å². The van der Waals surface area contributed by atoms with E-state index >= 15 is 0 Å². The zero-order valence-electron chi connectivity index (χ0n) is 16.3. The first-order chi connectivity index (χ1) is 13.5. The number of carbonyl (C=O) groups excluding carboxylic acids is 2. The highest BCUT2D eigenvalue weighted by Gasteiger charge is 2.29. The lowest BCUT2D eigenvalue weighted by Crippen LogP contribution is -2.40. The van der Waals surface area contributed by atoms with Crippen molar-refractivity contribution < 1.29 is 14.0 Å². The molecule has 0 aromatic heterocycles. The summed E-state index contributed by atoms with van der Waals surface area (Å²) < 4.78 is 13.4. The minimum Gasteiger partial charge on any atom is -0.355 e. The highest BCUT2D eigenvalue weighted by Crippen LogP contribution is 2.27. The van der Waals surface area contributed by atoms with E-state index < -0.39 is 6.04 Å². The fourth-order valence-electron chi connectivity index (χ4n) is 3.64. The molecule has 0 aliphatic carbocycles. The van der Waals surface area contributed by atoms with Crippen LogP contribution in [-0.2, 0) is 4.79 Å². The summed E-state index contributed by atoms with van der Waals surface area (Å²) in [6.07, 6.45) is 3.25. The Morgan fingerprint density at radius 1 is 1.04 bits per heavy atom. The van der Waals surface area contributed by atoms with Crippen LogP contribution in [0.1, 0.15) is 46.8 Å². The molecular weight excluding hydrogens is 357 g/mol. The minimum absolute atomic E-state index is 0.149. The van der Waals surface area contributed by atoms with E-state index in [1.165, 1.54) is 12.1 Å². The number of hydrogen-bond donors (Lipinski definition) is 2. The summed E-state index contributed by atoms with van der Waals surface area (Å²) in [6.45, 7) is 3.53. The van der Waals surface area contributed by atoms with Crippen molar-refractivity contribution in [3.8, 4) is 0 Å². The van der Waals surface area contributed by atoms with E-state index in [1.807, 2.05) is 6.92 Å². The molecular formula is C22H26FN3O2. The van der Waals surface area contributed by atoms with Gasteiger partial charge in [0.05, 0.1) is 0 Å². The Morgan fingerprint density at radius 3 is 2.32 bits per heavy atom. The third kappa shape index (κ3) is 4.57. The number of nitrogens with zero attached hydrogens (tertiary/aromatic N) is 1. The van der Waals surface area contributed by atoms with Crippen molar-refractivity contribution in [2.75, 3.05) is 25.5 Å². The van der Waals surface area contributed by atoms with E-state index in [4.69, 9.17) is 0 Å². The Labute approximate surface area is 164 Å². The number of benzene rings is 2. The molecule has 1 fully saturated rings. The summed E-state index contributed by atoms with van der Waals surface area (Å²) in [5.41, 5.74) is 2.80. The van der Waals surface area contributed by atoms with E-state index in [0.717, 1.165) is 43.5 Å². The van der Waals surface area contributed by atoms with E-state index in [9.17, 15) is 14.0 Å². The molecule has 0 saturated carbocycles. The van der Waals surface area contributed by atoms with Crippen LogP contribution >= 0.6 is 0 Å². The standard InChI is InChI=1S/C22H26FN3O2/c1-15-14-17(21(27)24-2)8-11-19(15)25-22(28)20(26-12-4-3-5-13-26)16-6-9-18(23)10-7-16/h6-11,14,20H,3-5,12-13H2,1-2H3,(H,24,27)(H,25,28). The molecule has 5 nitrogen and oxygen atoms in total. The van der Waals surface area contributed by atoms with Crippen LogP contribution < -0.4 is 10.6 Å². The Kier molecular flexibility index (Phi) is 6.41. The predicted molar refractivity (Wildman–Crippen MR) is 108 cm³/mol. The maximum Gasteiger partial charge on any atom is 0.251 e. The molecule has 2 aromatic rings. The second-order valence-corrected chi connectivity index (χ2v) is 7.15. The molecule has 1 aliphatic rings. The number of hydrogen-bond acceptors (Lipinski definition) is 3. The highest BCUT2D eigenvalue weighted by atomic mass is 19.1. The van der Waals surface area contributed by atoms with Gasteiger partial charge < -0.3 is 10.6 Å². The van der Waals surface area contributed by atoms with Gasteiger partial charge in [-0.2, -0.15) is 0 Å². The number of halogens is 1. The number of likely N-dealkylation sites (tertiary alicyclic amines) is 1. The van der Waals surface area contributed by atoms with Crippen molar-refractivity contribution in [2.45, 2.75) is 32.2 Å². The highest BCUT2D eigenvalue weighted by molar-refractivity contribution is 5.98. The van der Waals surface area contributed by atoms with Gasteiger partial charge in [-0.25, -0.2) is 4.39 Å². The van der Waals surface area contributed by atoms with Gasteiger partial charge in [-0.1, -0.05) is 18.6 Å². The summed E-state index contributed by atoms with van der Waals surface area (Å²) in [5, 5.41) is 5.59. The largest absolute Gasteiger partial charge is 0.355 e. The Bertz CT molecular complexity index is 845. The smallest absolute Gasteiger partial charge is 0.251 e. The number of piperidine rings is 1. The van der Waals surface area contributed by atoms with Crippen LogP contribution in [-0.4, -0.2) is 36.9 Å². The fraction of sp³-hybridized carbons (Fsp3) is 0.364. The second-order valence-electron chi connectivity index (χ2n) is 7.15. The SMILES string of the molecule is CNC(=O)c1ccc(NC(=O)C(c2ccc(F)cc2)N2CCCCC2)c(C)c1. The van der Waals surface area contributed by atoms with Gasteiger partial charge in [0.1, 0.15) is 11.9 Å². The van der Waals surface area contributed by atoms with Gasteiger partial charge in [0.25, 0.3) is 5.91 Å². The lowest BCUT2D eigenvalue weighted by Gasteiger charge is -2.34. The number of anilines is 1. The molecule has 6 heteroatoms. The number of amides is 2. The summed E-state index contributed by atoms with van der Waals surface area (Å²) in [6, 6.07) is 10.9. The third-order valence-corrected chi connectivity index (χ3v) is 5.16. The second kappa shape index (κ2) is 8.97. The molecule has 2 amide bonds. The molecule has 2 N–H and O–H groups in total. The lowest BCUT2D eigenvalue weighted by atomic mass is 10.0. The van der Waals surface area contributed by atoms with Gasteiger partial charge in [0.2, 0.25) is 5.91 Å². The molecule has 3 rings (SSSR count). The number of aryl methyl sites for hydroxylation is 1. The van der Waals surface area contributed by atoms with Gasteiger partial charge in [0, 0.05) is 18.3 Å². The topological polar surface area (TPSA) is 61.4 Å². The molecule has 0 spiro atoms. The number of nitrogens with one attached hydrogen (secondary N) is 2. The lowest BCUT2D eigenvalue weighted by molar-refractivity contribution is -0.122. The molecule has 0 bridgehead atoms. The summed E-state index contributed by atoms with van der Waals surface area (Å²) in [4.78, 5) is 27.1. The average molecular weight is 383 g/mol. The van der Waals surface area contributed by atoms with Gasteiger partial charge in [0.15, 0.2) is 0 Å². The van der Waals surface area contributed by atoms with Crippen LogP contribution in [0.5, 0.6) is 0 Å². The Hall–Kier alpha value is -2.73. The van der Waals surface area contributed by atoms with Gasteiger partial charge in [-0.3, -0.25) is 14.5 Å². The van der Waals surface area contributed by atoms with Crippen LogP contribution in [0.15, 0.2) is 42.5 Å². The molecule has 1 saturated heterocycles. The zero-order chi connectivity index (χ0) is 20.1. The number of carbonyl (C=O) groups is 2. The fourth-order valence-corrected chi connectivity index (χ4v) is 3.64. The molecule has 2 aromatic carbocycles. The number of rotatable bonds is 5. The van der Waals surface area contributed by atoms with Crippen LogP contribution in [0, 0.1) is 12.7 Å². The third-order valence-electron chi connectivity index (χ3n) is 5.16. The molecule has 1 heterocycles. The predicted octanol–water partition coefficient (Wildman–Crippen LogP) is 3.66. The minimum atomic E-state index is -0.473. The van der Waals surface area contributed by atoms with E-state index in [1.54, 1.807) is 37.4 Å². The molecule has 1 aliphatic heterocycles. The molecule has 1 atom stereocenters. The first-order valence-electron chi connectivity index (χ1n) is 9.62. The normalized spacial score (nSPS) is 15.7. The van der Waals surface area contributed by atoms with E-state index in [-0.39, 0.29) is 17.6 Å².